The summed E-state index contributed by atoms with van der Waals surface area (Å²) >= 11 is 0. The summed E-state index contributed by atoms with van der Waals surface area (Å²) in [6.07, 6.45) is 0.209. The van der Waals surface area contributed by atoms with Crippen LogP contribution in [0.15, 0.2) is 48.5 Å². The molecule has 0 bridgehead atoms. The first-order valence-corrected chi connectivity index (χ1v) is 9.28. The van der Waals surface area contributed by atoms with Gasteiger partial charge in [0.05, 0.1) is 6.04 Å². The van der Waals surface area contributed by atoms with Crippen LogP contribution in [0.4, 0.5) is 9.18 Å². The highest BCUT2D eigenvalue weighted by Crippen LogP contribution is 2.24. The Hall–Kier alpha value is -3.42. The van der Waals surface area contributed by atoms with Gasteiger partial charge in [0, 0.05) is 19.5 Å². The Labute approximate surface area is 166 Å². The molecule has 2 aliphatic rings. The van der Waals surface area contributed by atoms with Crippen LogP contribution in [-0.4, -0.2) is 53.4 Å². The molecule has 2 saturated heterocycles. The summed E-state index contributed by atoms with van der Waals surface area (Å²) in [6, 6.07) is 12.8. The highest BCUT2D eigenvalue weighted by molar-refractivity contribution is 5.98. The molecule has 2 fully saturated rings. The van der Waals surface area contributed by atoms with Gasteiger partial charge in [-0.15, -0.1) is 0 Å². The molecule has 29 heavy (non-hydrogen) atoms. The number of benzene rings is 2. The number of carbonyl (C=O) groups is 3. The van der Waals surface area contributed by atoms with Gasteiger partial charge in [0.1, 0.15) is 17.3 Å². The fraction of sp³-hybridized carbons (Fsp3) is 0.286. The quantitative estimate of drug-likeness (QED) is 0.748. The molecular formula is C21H19FN2O5. The molecule has 4 rings (SSSR count). The lowest BCUT2D eigenvalue weighted by Crippen LogP contribution is -2.62. The SMILES string of the molecule is O=C(CCc1cccc(Oc2ccc(F)cc2)c1)N1CC(N2C(=O)COC2=O)C1. The Morgan fingerprint density at radius 1 is 1.10 bits per heavy atom. The maximum Gasteiger partial charge on any atom is 0.417 e. The molecular weight excluding hydrogens is 379 g/mol. The van der Waals surface area contributed by atoms with E-state index in [2.05, 4.69) is 0 Å². The van der Waals surface area contributed by atoms with Crippen molar-refractivity contribution in [2.45, 2.75) is 18.9 Å². The van der Waals surface area contributed by atoms with Crippen LogP contribution in [0.2, 0.25) is 0 Å². The number of halogens is 1. The lowest BCUT2D eigenvalue weighted by molar-refractivity contribution is -0.142. The smallest absolute Gasteiger partial charge is 0.417 e. The van der Waals surface area contributed by atoms with Gasteiger partial charge in [-0.1, -0.05) is 12.1 Å². The average molecular weight is 398 g/mol. The molecule has 0 saturated carbocycles. The first-order valence-electron chi connectivity index (χ1n) is 9.28. The largest absolute Gasteiger partial charge is 0.457 e. The highest BCUT2D eigenvalue weighted by Gasteiger charge is 2.44. The highest BCUT2D eigenvalue weighted by atomic mass is 19.1. The topological polar surface area (TPSA) is 76.2 Å². The van der Waals surface area contributed by atoms with Crippen molar-refractivity contribution >= 4 is 17.9 Å². The molecule has 7 nitrogen and oxygen atoms in total. The van der Waals surface area contributed by atoms with E-state index < -0.39 is 6.09 Å². The zero-order chi connectivity index (χ0) is 20.4. The fourth-order valence-electron chi connectivity index (χ4n) is 3.35. The number of imide groups is 1. The molecule has 0 aromatic heterocycles. The second-order valence-electron chi connectivity index (χ2n) is 6.97. The van der Waals surface area contributed by atoms with Gasteiger partial charge in [0.2, 0.25) is 5.91 Å². The molecule has 0 spiro atoms. The molecule has 2 heterocycles. The van der Waals surface area contributed by atoms with Crippen LogP contribution >= 0.6 is 0 Å². The van der Waals surface area contributed by atoms with Crippen LogP contribution in [-0.2, 0) is 20.7 Å². The summed E-state index contributed by atoms with van der Waals surface area (Å²) in [5, 5.41) is 0. The van der Waals surface area contributed by atoms with Gasteiger partial charge in [-0.2, -0.15) is 0 Å². The third-order valence-electron chi connectivity index (χ3n) is 4.94. The molecule has 0 aliphatic carbocycles. The van der Waals surface area contributed by atoms with Gasteiger partial charge in [0.25, 0.3) is 5.91 Å². The van der Waals surface area contributed by atoms with Crippen LogP contribution in [0.1, 0.15) is 12.0 Å². The van der Waals surface area contributed by atoms with Gasteiger partial charge >= 0.3 is 6.09 Å². The molecule has 150 valence electrons. The monoisotopic (exact) mass is 398 g/mol. The number of likely N-dealkylation sites (tertiary alicyclic amines) is 1. The van der Waals surface area contributed by atoms with E-state index in [-0.39, 0.29) is 30.3 Å². The van der Waals surface area contributed by atoms with Gasteiger partial charge in [0.15, 0.2) is 6.61 Å². The second kappa shape index (κ2) is 7.90. The lowest BCUT2D eigenvalue weighted by atomic mass is 10.0. The van der Waals surface area contributed by atoms with E-state index >= 15 is 0 Å². The molecule has 8 heteroatoms. The van der Waals surface area contributed by atoms with Crippen LogP contribution in [0, 0.1) is 5.82 Å². The van der Waals surface area contributed by atoms with Crippen LogP contribution in [0.25, 0.3) is 0 Å². The average Bonchev–Trinajstić information content (AvgIpc) is 3.00. The van der Waals surface area contributed by atoms with E-state index in [0.29, 0.717) is 37.4 Å². The number of carbonyl (C=O) groups excluding carboxylic acids is 3. The predicted octanol–water partition coefficient (Wildman–Crippen LogP) is 2.74. The summed E-state index contributed by atoms with van der Waals surface area (Å²) in [6.45, 7) is 0.459. The third kappa shape index (κ3) is 4.21. The Morgan fingerprint density at radius 2 is 1.86 bits per heavy atom. The standard InChI is InChI=1S/C21H19FN2O5/c22-15-5-7-17(8-6-15)29-18-3-1-2-14(10-18)4-9-19(25)23-11-16(12-23)24-20(26)13-28-21(24)27/h1-3,5-8,10,16H,4,9,11-13H2. The summed E-state index contributed by atoms with van der Waals surface area (Å²) < 4.78 is 23.4. The van der Waals surface area contributed by atoms with Crippen molar-refractivity contribution in [2.24, 2.45) is 0 Å². The lowest BCUT2D eigenvalue weighted by Gasteiger charge is -2.42. The number of rotatable bonds is 6. The number of cyclic esters (lactones) is 1. The predicted molar refractivity (Wildman–Crippen MR) is 99.8 cm³/mol. The summed E-state index contributed by atoms with van der Waals surface area (Å²) in [5.74, 6) is 0.415. The fourth-order valence-corrected chi connectivity index (χ4v) is 3.35. The molecule has 0 atom stereocenters. The summed E-state index contributed by atoms with van der Waals surface area (Å²) in [7, 11) is 0. The Bertz CT molecular complexity index is 924. The summed E-state index contributed by atoms with van der Waals surface area (Å²) in [4.78, 5) is 38.3. The van der Waals surface area contributed by atoms with Gasteiger partial charge < -0.3 is 14.4 Å². The number of ether oxygens (including phenoxy) is 2. The van der Waals surface area contributed by atoms with Crippen molar-refractivity contribution in [3.05, 3.63) is 59.9 Å². The van der Waals surface area contributed by atoms with Gasteiger partial charge in [-0.25, -0.2) is 14.1 Å². The van der Waals surface area contributed by atoms with Gasteiger partial charge in [-0.3, -0.25) is 9.59 Å². The zero-order valence-electron chi connectivity index (χ0n) is 15.5. The van der Waals surface area contributed by atoms with Crippen molar-refractivity contribution < 1.29 is 28.2 Å². The van der Waals surface area contributed by atoms with E-state index in [1.54, 1.807) is 23.1 Å². The molecule has 2 aromatic carbocycles. The Balaban J connectivity index is 1.27. The maximum atomic E-state index is 13.0. The maximum absolute atomic E-state index is 13.0. The Kier molecular flexibility index (Phi) is 5.16. The summed E-state index contributed by atoms with van der Waals surface area (Å²) in [5.41, 5.74) is 0.938. The van der Waals surface area contributed by atoms with Crippen molar-refractivity contribution in [1.29, 1.82) is 0 Å². The van der Waals surface area contributed by atoms with E-state index in [1.165, 1.54) is 12.1 Å². The molecule has 2 aliphatic heterocycles. The zero-order valence-corrected chi connectivity index (χ0v) is 15.5. The normalized spacial score (nSPS) is 16.6. The van der Waals surface area contributed by atoms with Crippen molar-refractivity contribution in [2.75, 3.05) is 19.7 Å². The van der Waals surface area contributed by atoms with Crippen LogP contribution < -0.4 is 4.74 Å². The first-order chi connectivity index (χ1) is 14.0. The third-order valence-corrected chi connectivity index (χ3v) is 4.94. The minimum absolute atomic E-state index is 0.0360. The molecule has 3 amide bonds. The second-order valence-corrected chi connectivity index (χ2v) is 6.97. The van der Waals surface area contributed by atoms with Crippen LogP contribution in [0.3, 0.4) is 0 Å². The molecule has 0 N–H and O–H groups in total. The van der Waals surface area contributed by atoms with E-state index in [0.717, 1.165) is 10.5 Å². The van der Waals surface area contributed by atoms with Crippen LogP contribution in [0.5, 0.6) is 11.5 Å². The number of amides is 3. The van der Waals surface area contributed by atoms with Crippen molar-refractivity contribution in [3.8, 4) is 11.5 Å². The number of hydrogen-bond donors (Lipinski definition) is 0. The Morgan fingerprint density at radius 3 is 2.55 bits per heavy atom. The van der Waals surface area contributed by atoms with E-state index in [1.807, 2.05) is 18.2 Å². The minimum atomic E-state index is -0.634. The van der Waals surface area contributed by atoms with Crippen molar-refractivity contribution in [3.63, 3.8) is 0 Å². The molecule has 0 unspecified atom stereocenters. The number of nitrogens with zero attached hydrogens (tertiary/aromatic N) is 2. The first kappa shape index (κ1) is 18.9. The molecule has 2 aromatic rings. The molecule has 0 radical (unpaired) electrons. The van der Waals surface area contributed by atoms with Crippen molar-refractivity contribution in [1.82, 2.24) is 9.80 Å². The minimum Gasteiger partial charge on any atom is -0.457 e. The number of hydrogen-bond acceptors (Lipinski definition) is 5. The van der Waals surface area contributed by atoms with E-state index in [4.69, 9.17) is 9.47 Å². The van der Waals surface area contributed by atoms with Gasteiger partial charge in [-0.05, 0) is 48.4 Å². The number of aryl methyl sites for hydroxylation is 1. The van der Waals surface area contributed by atoms with E-state index in [9.17, 15) is 18.8 Å².